The molecule has 0 aromatic carbocycles. The smallest absolute Gasteiger partial charge is 0.308 e. The van der Waals surface area contributed by atoms with Gasteiger partial charge in [0.2, 0.25) is 0 Å². The maximum Gasteiger partial charge on any atom is 0.308 e. The van der Waals surface area contributed by atoms with E-state index in [0.717, 1.165) is 64.2 Å². The van der Waals surface area contributed by atoms with Crippen LogP contribution in [0, 0.1) is 5.92 Å². The molecule has 7 atom stereocenters. The lowest BCUT2D eigenvalue weighted by atomic mass is 9.68. The van der Waals surface area contributed by atoms with Gasteiger partial charge in [0.25, 0.3) is 5.79 Å². The SMILES string of the molecule is CCCCCCCCCCCCCCCCCOC[C@](O)(CO)OC(=O)CCCCCCCCC(=O)O[C@@H]1CC[C@]2(CO2)[C@@H]([C@@]2(C)OC2CC=C(C)C)[C@@H]1OC. The van der Waals surface area contributed by atoms with Gasteiger partial charge in [0.15, 0.2) is 0 Å². The number of aliphatic hydroxyl groups is 2. The highest BCUT2D eigenvalue weighted by atomic mass is 16.7. The van der Waals surface area contributed by atoms with E-state index in [0.29, 0.717) is 26.1 Å². The van der Waals surface area contributed by atoms with E-state index in [2.05, 4.69) is 33.8 Å². The summed E-state index contributed by atoms with van der Waals surface area (Å²) in [5.41, 5.74) is 0.673. The second kappa shape index (κ2) is 26.5. The molecule has 0 bridgehead atoms. The summed E-state index contributed by atoms with van der Waals surface area (Å²) < 4.78 is 35.1. The number of methoxy groups -OCH3 is 1. The molecule has 0 aromatic rings. The van der Waals surface area contributed by atoms with Crippen molar-refractivity contribution in [3.63, 3.8) is 0 Å². The summed E-state index contributed by atoms with van der Waals surface area (Å²) in [5, 5.41) is 20.2. The molecule has 0 aromatic heterocycles. The van der Waals surface area contributed by atoms with Gasteiger partial charge in [-0.2, -0.15) is 0 Å². The number of rotatable bonds is 34. The van der Waals surface area contributed by atoms with Crippen LogP contribution in [0.5, 0.6) is 0 Å². The Kier molecular flexibility index (Phi) is 23.1. The number of unbranched alkanes of at least 4 members (excludes halogenated alkanes) is 19. The Bertz CT molecular complexity index is 1120. The maximum atomic E-state index is 12.9. The Morgan fingerprint density at radius 2 is 1.32 bits per heavy atom. The molecule has 2 heterocycles. The van der Waals surface area contributed by atoms with Crippen LogP contribution in [-0.2, 0) is 38.0 Å². The minimum Gasteiger partial charge on any atom is -0.460 e. The van der Waals surface area contributed by atoms with Crippen LogP contribution < -0.4 is 0 Å². The number of allylic oxidation sites excluding steroid dienone is 1. The van der Waals surface area contributed by atoms with Crippen LogP contribution in [0.15, 0.2) is 11.6 Å². The van der Waals surface area contributed by atoms with Crippen LogP contribution in [0.1, 0.15) is 195 Å². The fourth-order valence-electron chi connectivity index (χ4n) is 8.72. The Morgan fingerprint density at radius 3 is 1.82 bits per heavy atom. The van der Waals surface area contributed by atoms with Gasteiger partial charge < -0.3 is 38.6 Å². The second-order valence-corrected chi connectivity index (χ2v) is 17.6. The van der Waals surface area contributed by atoms with Crippen molar-refractivity contribution < 1.29 is 48.2 Å². The third-order valence-electron chi connectivity index (χ3n) is 12.3. The van der Waals surface area contributed by atoms with Crippen molar-refractivity contribution in [3.8, 4) is 0 Å². The van der Waals surface area contributed by atoms with Crippen molar-refractivity contribution in [2.24, 2.45) is 5.92 Å². The molecule has 0 radical (unpaired) electrons. The first-order chi connectivity index (χ1) is 27.0. The molecule has 3 aliphatic rings. The molecule has 2 saturated heterocycles. The number of hydrogen-bond acceptors (Lipinski definition) is 10. The van der Waals surface area contributed by atoms with Crippen molar-refractivity contribution in [1.29, 1.82) is 0 Å². The molecule has 2 aliphatic heterocycles. The minimum atomic E-state index is -2.01. The molecule has 10 nitrogen and oxygen atoms in total. The van der Waals surface area contributed by atoms with Crippen molar-refractivity contribution in [2.75, 3.05) is 33.5 Å². The van der Waals surface area contributed by atoms with Gasteiger partial charge in [-0.05, 0) is 59.3 Å². The van der Waals surface area contributed by atoms with Crippen LogP contribution in [0.25, 0.3) is 0 Å². The average Bonchev–Trinajstić information content (AvgIpc) is 4.09. The van der Waals surface area contributed by atoms with Crippen LogP contribution in [0.4, 0.5) is 0 Å². The van der Waals surface area contributed by atoms with Crippen LogP contribution >= 0.6 is 0 Å². The molecule has 3 fully saturated rings. The zero-order valence-electron chi connectivity index (χ0n) is 36.3. The normalized spacial score (nSPS) is 26.5. The molecule has 0 amide bonds. The summed E-state index contributed by atoms with van der Waals surface area (Å²) in [6, 6.07) is 0. The predicted octanol–water partition coefficient (Wildman–Crippen LogP) is 9.84. The van der Waals surface area contributed by atoms with Crippen LogP contribution in [0.2, 0.25) is 0 Å². The zero-order chi connectivity index (χ0) is 40.7. The molecule has 1 unspecified atom stereocenters. The number of esters is 2. The highest BCUT2D eigenvalue weighted by Gasteiger charge is 2.72. The van der Waals surface area contributed by atoms with Gasteiger partial charge in [-0.1, -0.05) is 134 Å². The molecule has 56 heavy (non-hydrogen) atoms. The number of aliphatic hydroxyl groups excluding tert-OH is 1. The van der Waals surface area contributed by atoms with Crippen molar-refractivity contribution in [3.05, 3.63) is 11.6 Å². The van der Waals surface area contributed by atoms with Gasteiger partial charge >= 0.3 is 11.9 Å². The first kappa shape index (κ1) is 48.8. The van der Waals surface area contributed by atoms with E-state index in [9.17, 15) is 19.8 Å². The fourth-order valence-corrected chi connectivity index (χ4v) is 8.72. The van der Waals surface area contributed by atoms with Crippen molar-refractivity contribution in [2.45, 2.75) is 230 Å². The van der Waals surface area contributed by atoms with Crippen molar-refractivity contribution >= 4 is 11.9 Å². The van der Waals surface area contributed by atoms with Gasteiger partial charge in [-0.3, -0.25) is 9.59 Å². The van der Waals surface area contributed by atoms with E-state index in [1.54, 1.807) is 7.11 Å². The lowest BCUT2D eigenvalue weighted by Gasteiger charge is -2.42. The quantitative estimate of drug-likeness (QED) is 0.0213. The first-order valence-corrected chi connectivity index (χ1v) is 22.8. The Labute approximate surface area is 340 Å². The molecular formula is C46H82O10. The van der Waals surface area contributed by atoms with Gasteiger partial charge in [-0.15, -0.1) is 0 Å². The minimum absolute atomic E-state index is 0.0127. The van der Waals surface area contributed by atoms with E-state index in [-0.39, 0.29) is 54.4 Å². The van der Waals surface area contributed by atoms with E-state index in [1.165, 1.54) is 89.0 Å². The van der Waals surface area contributed by atoms with Crippen LogP contribution in [0.3, 0.4) is 0 Å². The molecule has 1 aliphatic carbocycles. The number of epoxide rings is 2. The summed E-state index contributed by atoms with van der Waals surface area (Å²) in [6.45, 7) is 8.84. The van der Waals surface area contributed by atoms with Gasteiger partial charge in [0.1, 0.15) is 36.6 Å². The highest BCUT2D eigenvalue weighted by Crippen LogP contribution is 2.59. The Balaban J connectivity index is 1.15. The number of carbonyl (C=O) groups excluding carboxylic acids is 2. The molecule has 1 spiro atoms. The molecular weight excluding hydrogens is 712 g/mol. The summed E-state index contributed by atoms with van der Waals surface area (Å²) in [4.78, 5) is 25.3. The first-order valence-electron chi connectivity index (χ1n) is 22.8. The third kappa shape index (κ3) is 17.7. The number of ether oxygens (including phenoxy) is 6. The lowest BCUT2D eigenvalue weighted by molar-refractivity contribution is -0.242. The molecule has 1 saturated carbocycles. The molecule has 2 N–H and O–H groups in total. The standard InChI is InChI=1S/C46H82O10/c1-6-7-8-9-10-11-12-13-14-15-16-17-20-23-26-33-52-36-46(50,34-47)56-41(49)28-25-22-19-18-21-24-27-40(48)54-38-31-32-45(35-53-45)43(42(38)51-5)44(4)39(55-44)30-29-37(2)3/h29,38-39,42-43,47,50H,6-28,30-36H2,1-5H3/t38-,39?,42-,43-,44+,45+,46+/m1/s1. The van der Waals surface area contributed by atoms with E-state index >= 15 is 0 Å². The van der Waals surface area contributed by atoms with Gasteiger partial charge in [0.05, 0.1) is 18.6 Å². The summed E-state index contributed by atoms with van der Waals surface area (Å²) >= 11 is 0. The van der Waals surface area contributed by atoms with E-state index < -0.39 is 18.4 Å². The topological polar surface area (TPSA) is 137 Å². The number of carbonyl (C=O) groups is 2. The molecule has 326 valence electrons. The number of hydrogen-bond donors (Lipinski definition) is 2. The average molecular weight is 795 g/mol. The third-order valence-corrected chi connectivity index (χ3v) is 12.3. The maximum absolute atomic E-state index is 12.9. The van der Waals surface area contributed by atoms with Crippen molar-refractivity contribution in [1.82, 2.24) is 0 Å². The predicted molar refractivity (Wildman–Crippen MR) is 220 cm³/mol. The van der Waals surface area contributed by atoms with E-state index in [4.69, 9.17) is 28.4 Å². The van der Waals surface area contributed by atoms with Crippen LogP contribution in [-0.4, -0.2) is 91.0 Å². The van der Waals surface area contributed by atoms with E-state index in [1.807, 2.05) is 0 Å². The largest absolute Gasteiger partial charge is 0.460 e. The molecule has 3 rings (SSSR count). The lowest BCUT2D eigenvalue weighted by Crippen LogP contribution is -2.55. The van der Waals surface area contributed by atoms with Gasteiger partial charge in [0, 0.05) is 26.6 Å². The summed E-state index contributed by atoms with van der Waals surface area (Å²) in [7, 11) is 1.69. The summed E-state index contributed by atoms with van der Waals surface area (Å²) in [5.74, 6) is -2.72. The molecule has 10 heteroatoms. The highest BCUT2D eigenvalue weighted by molar-refractivity contribution is 5.70. The van der Waals surface area contributed by atoms with Gasteiger partial charge in [-0.25, -0.2) is 0 Å². The Morgan fingerprint density at radius 1 is 0.804 bits per heavy atom. The monoisotopic (exact) mass is 795 g/mol. The zero-order valence-corrected chi connectivity index (χ0v) is 36.3. The fraction of sp³-hybridized carbons (Fsp3) is 0.913. The second-order valence-electron chi connectivity index (χ2n) is 17.6. The Hall–Kier alpha value is -1.56. The summed E-state index contributed by atoms with van der Waals surface area (Å²) in [6.07, 6.45) is 29.1.